The standard InChI is InChI=1S/C16H12N4/c17-10-16-13(9-14-11-18-20-19-14)7-4-8-15(16)12-5-2-1-3-6-12/h1-8,11H,9H2,(H,18,19,20). The van der Waals surface area contributed by atoms with Crippen LogP contribution in [0, 0.1) is 11.3 Å². The van der Waals surface area contributed by atoms with Gasteiger partial charge in [-0.05, 0) is 16.7 Å². The fourth-order valence-corrected chi connectivity index (χ4v) is 2.24. The first-order chi connectivity index (χ1) is 9.88. The lowest BCUT2D eigenvalue weighted by molar-refractivity contribution is 0.915. The molecule has 1 aromatic heterocycles. The van der Waals surface area contributed by atoms with E-state index < -0.39 is 0 Å². The molecule has 0 fully saturated rings. The number of H-pyrrole nitrogens is 1. The van der Waals surface area contributed by atoms with Gasteiger partial charge in [-0.1, -0.05) is 48.5 Å². The molecular formula is C16H12N4. The zero-order chi connectivity index (χ0) is 13.8. The minimum atomic E-state index is 0.597. The Balaban J connectivity index is 2.07. The topological polar surface area (TPSA) is 65.4 Å². The van der Waals surface area contributed by atoms with Crippen LogP contribution >= 0.6 is 0 Å². The number of aromatic amines is 1. The molecule has 1 N–H and O–H groups in total. The zero-order valence-electron chi connectivity index (χ0n) is 10.7. The minimum Gasteiger partial charge on any atom is -0.198 e. The lowest BCUT2D eigenvalue weighted by Crippen LogP contribution is -1.95. The highest BCUT2D eigenvalue weighted by atomic mass is 15.3. The fraction of sp³-hybridized carbons (Fsp3) is 0.0625. The summed E-state index contributed by atoms with van der Waals surface area (Å²) in [6.45, 7) is 0. The molecule has 0 saturated heterocycles. The van der Waals surface area contributed by atoms with E-state index in [0.717, 1.165) is 22.4 Å². The highest BCUT2D eigenvalue weighted by Gasteiger charge is 2.11. The number of nitriles is 1. The smallest absolute Gasteiger partial charge is 0.100 e. The van der Waals surface area contributed by atoms with Crippen molar-refractivity contribution < 1.29 is 0 Å². The molecule has 0 spiro atoms. The van der Waals surface area contributed by atoms with Crippen molar-refractivity contribution in [2.75, 3.05) is 0 Å². The van der Waals surface area contributed by atoms with Gasteiger partial charge >= 0.3 is 0 Å². The average Bonchev–Trinajstić information content (AvgIpc) is 3.01. The van der Waals surface area contributed by atoms with Crippen LogP contribution in [0.5, 0.6) is 0 Å². The van der Waals surface area contributed by atoms with E-state index in [-0.39, 0.29) is 0 Å². The highest BCUT2D eigenvalue weighted by Crippen LogP contribution is 2.26. The van der Waals surface area contributed by atoms with Gasteiger partial charge in [0.1, 0.15) is 6.07 Å². The predicted molar refractivity (Wildman–Crippen MR) is 75.8 cm³/mol. The van der Waals surface area contributed by atoms with Gasteiger partial charge in [-0.3, -0.25) is 0 Å². The van der Waals surface area contributed by atoms with E-state index in [0.29, 0.717) is 12.0 Å². The third-order valence-corrected chi connectivity index (χ3v) is 3.18. The summed E-state index contributed by atoms with van der Waals surface area (Å²) in [5.74, 6) is 0. The fourth-order valence-electron chi connectivity index (χ4n) is 2.24. The molecule has 20 heavy (non-hydrogen) atoms. The molecular weight excluding hydrogens is 248 g/mol. The van der Waals surface area contributed by atoms with Crippen LogP contribution in [0.3, 0.4) is 0 Å². The van der Waals surface area contributed by atoms with Crippen LogP contribution in [0.1, 0.15) is 16.8 Å². The van der Waals surface area contributed by atoms with Gasteiger partial charge in [0.05, 0.1) is 17.5 Å². The summed E-state index contributed by atoms with van der Waals surface area (Å²) in [6.07, 6.45) is 2.27. The summed E-state index contributed by atoms with van der Waals surface area (Å²) in [7, 11) is 0. The second-order valence-electron chi connectivity index (χ2n) is 4.46. The number of hydrogen-bond acceptors (Lipinski definition) is 3. The third-order valence-electron chi connectivity index (χ3n) is 3.18. The van der Waals surface area contributed by atoms with Crippen LogP contribution in [0.15, 0.2) is 54.7 Å². The van der Waals surface area contributed by atoms with Crippen LogP contribution in [-0.4, -0.2) is 15.4 Å². The van der Waals surface area contributed by atoms with Gasteiger partial charge in [0.15, 0.2) is 0 Å². The van der Waals surface area contributed by atoms with Crippen molar-refractivity contribution >= 4 is 0 Å². The van der Waals surface area contributed by atoms with E-state index in [1.165, 1.54) is 0 Å². The molecule has 4 nitrogen and oxygen atoms in total. The maximum absolute atomic E-state index is 9.50. The quantitative estimate of drug-likeness (QED) is 0.787. The lowest BCUT2D eigenvalue weighted by Gasteiger charge is -2.08. The first-order valence-electron chi connectivity index (χ1n) is 6.30. The van der Waals surface area contributed by atoms with Crippen molar-refractivity contribution in [1.29, 1.82) is 5.26 Å². The summed E-state index contributed by atoms with van der Waals surface area (Å²) in [6, 6.07) is 18.2. The second-order valence-corrected chi connectivity index (χ2v) is 4.46. The number of hydrogen-bond donors (Lipinski definition) is 1. The Hall–Kier alpha value is -2.93. The predicted octanol–water partition coefficient (Wildman–Crippen LogP) is 2.93. The molecule has 3 aromatic rings. The maximum atomic E-state index is 9.50. The van der Waals surface area contributed by atoms with Crippen LogP contribution < -0.4 is 0 Å². The molecule has 0 aliphatic heterocycles. The van der Waals surface area contributed by atoms with Crippen molar-refractivity contribution in [2.24, 2.45) is 0 Å². The van der Waals surface area contributed by atoms with Crippen LogP contribution in [0.4, 0.5) is 0 Å². The van der Waals surface area contributed by atoms with Gasteiger partial charge in [0.2, 0.25) is 0 Å². The van der Waals surface area contributed by atoms with E-state index in [4.69, 9.17) is 0 Å². The molecule has 1 heterocycles. The van der Waals surface area contributed by atoms with E-state index >= 15 is 0 Å². The van der Waals surface area contributed by atoms with Gasteiger partial charge in [-0.25, -0.2) is 0 Å². The molecule has 0 amide bonds. The van der Waals surface area contributed by atoms with Crippen molar-refractivity contribution in [2.45, 2.75) is 6.42 Å². The van der Waals surface area contributed by atoms with Gasteiger partial charge in [-0.2, -0.15) is 20.7 Å². The Morgan fingerprint density at radius 3 is 2.60 bits per heavy atom. The molecule has 96 valence electrons. The first-order valence-corrected chi connectivity index (χ1v) is 6.30. The summed E-state index contributed by atoms with van der Waals surface area (Å²) in [4.78, 5) is 0. The maximum Gasteiger partial charge on any atom is 0.100 e. The summed E-state index contributed by atoms with van der Waals surface area (Å²) >= 11 is 0. The van der Waals surface area contributed by atoms with Crippen molar-refractivity contribution in [3.8, 4) is 17.2 Å². The van der Waals surface area contributed by atoms with E-state index in [9.17, 15) is 5.26 Å². The molecule has 3 rings (SSSR count). The number of nitrogens with one attached hydrogen (secondary N) is 1. The highest BCUT2D eigenvalue weighted by molar-refractivity contribution is 5.72. The van der Waals surface area contributed by atoms with Crippen LogP contribution in [0.25, 0.3) is 11.1 Å². The van der Waals surface area contributed by atoms with Crippen LogP contribution in [0.2, 0.25) is 0 Å². The van der Waals surface area contributed by atoms with Crippen molar-refractivity contribution in [3.05, 3.63) is 71.5 Å². The summed E-state index contributed by atoms with van der Waals surface area (Å²) < 4.78 is 0. The molecule has 4 heteroatoms. The van der Waals surface area contributed by atoms with E-state index in [2.05, 4.69) is 21.5 Å². The Morgan fingerprint density at radius 1 is 1.05 bits per heavy atom. The lowest BCUT2D eigenvalue weighted by atomic mass is 9.94. The van der Waals surface area contributed by atoms with E-state index in [1.807, 2.05) is 48.5 Å². The first kappa shape index (κ1) is 12.1. The Bertz CT molecular complexity index is 740. The minimum absolute atomic E-state index is 0.597. The van der Waals surface area contributed by atoms with Gasteiger partial charge < -0.3 is 0 Å². The Labute approximate surface area is 116 Å². The molecule has 0 unspecified atom stereocenters. The second kappa shape index (κ2) is 5.37. The average molecular weight is 260 g/mol. The monoisotopic (exact) mass is 260 g/mol. The summed E-state index contributed by atoms with van der Waals surface area (Å²) in [5, 5.41) is 19.9. The molecule has 0 atom stereocenters. The number of aromatic nitrogens is 3. The number of rotatable bonds is 3. The van der Waals surface area contributed by atoms with Crippen molar-refractivity contribution in [1.82, 2.24) is 15.4 Å². The Kier molecular flexibility index (Phi) is 3.25. The number of benzene rings is 2. The number of nitrogens with zero attached hydrogens (tertiary/aromatic N) is 3. The van der Waals surface area contributed by atoms with Crippen molar-refractivity contribution in [3.63, 3.8) is 0 Å². The molecule has 0 saturated carbocycles. The SMILES string of the molecule is N#Cc1c(Cc2cn[nH]n2)cccc1-c1ccccc1. The van der Waals surface area contributed by atoms with Gasteiger partial charge in [0, 0.05) is 6.42 Å². The van der Waals surface area contributed by atoms with Gasteiger partial charge in [0.25, 0.3) is 0 Å². The molecule has 2 aromatic carbocycles. The van der Waals surface area contributed by atoms with E-state index in [1.54, 1.807) is 6.20 Å². The molecule has 0 aliphatic rings. The summed E-state index contributed by atoms with van der Waals surface area (Å²) in [5.41, 5.74) is 4.48. The molecule has 0 bridgehead atoms. The largest absolute Gasteiger partial charge is 0.198 e. The zero-order valence-corrected chi connectivity index (χ0v) is 10.7. The molecule has 0 radical (unpaired) electrons. The normalized spacial score (nSPS) is 10.2. The van der Waals surface area contributed by atoms with Crippen LogP contribution in [-0.2, 0) is 6.42 Å². The van der Waals surface area contributed by atoms with Gasteiger partial charge in [-0.15, -0.1) is 0 Å². The third kappa shape index (κ3) is 2.29. The Morgan fingerprint density at radius 2 is 1.90 bits per heavy atom. The molecule has 0 aliphatic carbocycles.